The highest BCUT2D eigenvalue weighted by atomic mass is 79.9. The fourth-order valence-corrected chi connectivity index (χ4v) is 2.58. The Bertz CT molecular complexity index is 463. The van der Waals surface area contributed by atoms with Crippen LogP contribution in [-0.2, 0) is 10.0 Å². The second kappa shape index (κ2) is 5.16. The second-order valence-electron chi connectivity index (χ2n) is 3.71. The van der Waals surface area contributed by atoms with Crippen LogP contribution < -0.4 is 10.5 Å². The summed E-state index contributed by atoms with van der Waals surface area (Å²) in [6, 6.07) is 3.96. The Morgan fingerprint density at radius 1 is 1.31 bits per heavy atom. The number of primary sulfonamides is 1. The number of halogens is 1. The van der Waals surface area contributed by atoms with Gasteiger partial charge in [0.25, 0.3) is 0 Å². The van der Waals surface area contributed by atoms with Crippen molar-refractivity contribution in [1.82, 2.24) is 0 Å². The monoisotopic (exact) mass is 306 g/mol. The van der Waals surface area contributed by atoms with Gasteiger partial charge in [-0.15, -0.1) is 0 Å². The summed E-state index contributed by atoms with van der Waals surface area (Å²) in [6.07, 6.45) is 0. The summed E-state index contributed by atoms with van der Waals surface area (Å²) in [4.78, 5) is 0. The molecule has 0 amide bonds. The van der Waals surface area contributed by atoms with Crippen LogP contribution in [0.5, 0.6) is 0 Å². The van der Waals surface area contributed by atoms with Gasteiger partial charge in [-0.25, -0.2) is 13.6 Å². The molecule has 90 valence electrons. The first kappa shape index (κ1) is 13.5. The lowest BCUT2D eigenvalue weighted by molar-refractivity contribution is 0.598. The third kappa shape index (κ3) is 4.11. The Kier molecular flexibility index (Phi) is 4.35. The second-order valence-corrected chi connectivity index (χ2v) is 6.36. The van der Waals surface area contributed by atoms with Gasteiger partial charge in [-0.2, -0.15) is 0 Å². The highest BCUT2D eigenvalue weighted by Crippen LogP contribution is 2.24. The number of anilines is 1. The molecule has 6 heteroatoms. The number of benzene rings is 1. The maximum Gasteiger partial charge on any atom is 0.210 e. The summed E-state index contributed by atoms with van der Waals surface area (Å²) in [7, 11) is -3.40. The van der Waals surface area contributed by atoms with E-state index in [9.17, 15) is 8.42 Å². The Hall–Kier alpha value is -0.590. The smallest absolute Gasteiger partial charge is 0.210 e. The zero-order valence-corrected chi connectivity index (χ0v) is 11.7. The van der Waals surface area contributed by atoms with E-state index in [0.717, 1.165) is 21.3 Å². The molecule has 0 fully saturated rings. The van der Waals surface area contributed by atoms with Crippen molar-refractivity contribution in [1.29, 1.82) is 0 Å². The van der Waals surface area contributed by atoms with Gasteiger partial charge in [-0.3, -0.25) is 0 Å². The minimum Gasteiger partial charge on any atom is -0.384 e. The molecule has 0 aromatic heterocycles. The Labute approximate surface area is 104 Å². The Morgan fingerprint density at radius 2 is 1.81 bits per heavy atom. The number of rotatable bonds is 4. The average molecular weight is 307 g/mol. The summed E-state index contributed by atoms with van der Waals surface area (Å²) >= 11 is 3.40. The molecule has 4 nitrogen and oxygen atoms in total. The van der Waals surface area contributed by atoms with Crippen LogP contribution in [0, 0.1) is 13.8 Å². The standard InChI is InChI=1S/C10H15BrN2O2S/c1-7-5-9(11)6-8(2)10(7)13-3-4-16(12,14)15/h5-6,13H,3-4H2,1-2H3,(H2,12,14,15). The van der Waals surface area contributed by atoms with Crippen LogP contribution in [0.15, 0.2) is 16.6 Å². The molecule has 0 spiro atoms. The van der Waals surface area contributed by atoms with E-state index in [4.69, 9.17) is 5.14 Å². The van der Waals surface area contributed by atoms with Crippen LogP contribution >= 0.6 is 15.9 Å². The minimum atomic E-state index is -3.40. The largest absolute Gasteiger partial charge is 0.384 e. The van der Waals surface area contributed by atoms with Crippen molar-refractivity contribution in [3.8, 4) is 0 Å². The molecule has 1 aromatic rings. The predicted octanol–water partition coefficient (Wildman–Crippen LogP) is 1.77. The summed E-state index contributed by atoms with van der Waals surface area (Å²) in [5.41, 5.74) is 3.11. The highest BCUT2D eigenvalue weighted by molar-refractivity contribution is 9.10. The van der Waals surface area contributed by atoms with Gasteiger partial charge in [0.2, 0.25) is 10.0 Å². The molecule has 0 bridgehead atoms. The van der Waals surface area contributed by atoms with E-state index in [2.05, 4.69) is 21.2 Å². The van der Waals surface area contributed by atoms with Gasteiger partial charge in [-0.05, 0) is 37.1 Å². The zero-order valence-electron chi connectivity index (χ0n) is 9.25. The van der Waals surface area contributed by atoms with Crippen LogP contribution in [-0.4, -0.2) is 20.7 Å². The predicted molar refractivity (Wildman–Crippen MR) is 70.1 cm³/mol. The van der Waals surface area contributed by atoms with Crippen molar-refractivity contribution in [2.75, 3.05) is 17.6 Å². The fraction of sp³-hybridized carbons (Fsp3) is 0.400. The van der Waals surface area contributed by atoms with Gasteiger partial charge in [0.15, 0.2) is 0 Å². The molecule has 0 aliphatic carbocycles. The van der Waals surface area contributed by atoms with Gasteiger partial charge in [0, 0.05) is 16.7 Å². The van der Waals surface area contributed by atoms with Gasteiger partial charge in [0.1, 0.15) is 0 Å². The molecule has 1 aromatic carbocycles. The van der Waals surface area contributed by atoms with Crippen molar-refractivity contribution < 1.29 is 8.42 Å². The van der Waals surface area contributed by atoms with E-state index in [1.807, 2.05) is 26.0 Å². The lowest BCUT2D eigenvalue weighted by atomic mass is 10.1. The topological polar surface area (TPSA) is 72.2 Å². The lowest BCUT2D eigenvalue weighted by Crippen LogP contribution is -2.22. The Balaban J connectivity index is 2.75. The SMILES string of the molecule is Cc1cc(Br)cc(C)c1NCCS(N)(=O)=O. The molecule has 0 unspecified atom stereocenters. The van der Waals surface area contributed by atoms with Crippen molar-refractivity contribution >= 4 is 31.6 Å². The van der Waals surface area contributed by atoms with Crippen molar-refractivity contribution in [3.63, 3.8) is 0 Å². The molecule has 3 N–H and O–H groups in total. The number of aryl methyl sites for hydroxylation is 2. The molecule has 0 saturated carbocycles. The third-order valence-electron chi connectivity index (χ3n) is 2.19. The zero-order chi connectivity index (χ0) is 12.3. The van der Waals surface area contributed by atoms with Crippen LogP contribution in [0.3, 0.4) is 0 Å². The molecule has 0 radical (unpaired) electrons. The van der Waals surface area contributed by atoms with Crippen LogP contribution in [0.25, 0.3) is 0 Å². The third-order valence-corrected chi connectivity index (χ3v) is 3.42. The number of hydrogen-bond donors (Lipinski definition) is 2. The normalized spacial score (nSPS) is 11.5. The van der Waals surface area contributed by atoms with Gasteiger partial charge >= 0.3 is 0 Å². The molecular weight excluding hydrogens is 292 g/mol. The van der Waals surface area contributed by atoms with E-state index in [0.29, 0.717) is 6.54 Å². The van der Waals surface area contributed by atoms with E-state index in [1.165, 1.54) is 0 Å². The first-order valence-corrected chi connectivity index (χ1v) is 7.31. The first-order chi connectivity index (χ1) is 7.29. The summed E-state index contributed by atoms with van der Waals surface area (Å²) < 4.78 is 22.6. The lowest BCUT2D eigenvalue weighted by Gasteiger charge is -2.12. The molecule has 0 heterocycles. The van der Waals surface area contributed by atoms with Crippen LogP contribution in [0.4, 0.5) is 5.69 Å². The van der Waals surface area contributed by atoms with Crippen molar-refractivity contribution in [2.24, 2.45) is 5.14 Å². The maximum atomic E-state index is 10.8. The summed E-state index contributed by atoms with van der Waals surface area (Å²) in [5.74, 6) is -0.0675. The van der Waals surface area contributed by atoms with Crippen molar-refractivity contribution in [3.05, 3.63) is 27.7 Å². The highest BCUT2D eigenvalue weighted by Gasteiger charge is 2.06. The molecule has 0 atom stereocenters. The number of hydrogen-bond acceptors (Lipinski definition) is 3. The van der Waals surface area contributed by atoms with Gasteiger partial charge < -0.3 is 5.32 Å². The van der Waals surface area contributed by atoms with E-state index < -0.39 is 10.0 Å². The number of nitrogens with one attached hydrogen (secondary N) is 1. The van der Waals surface area contributed by atoms with Crippen LogP contribution in [0.1, 0.15) is 11.1 Å². The molecule has 1 rings (SSSR count). The Morgan fingerprint density at radius 3 is 2.25 bits per heavy atom. The molecule has 0 aliphatic rings. The minimum absolute atomic E-state index is 0.0675. The summed E-state index contributed by atoms with van der Waals surface area (Å²) in [5, 5.41) is 8.01. The molecule has 16 heavy (non-hydrogen) atoms. The first-order valence-electron chi connectivity index (χ1n) is 4.80. The van der Waals surface area contributed by atoms with E-state index >= 15 is 0 Å². The van der Waals surface area contributed by atoms with Crippen LogP contribution in [0.2, 0.25) is 0 Å². The van der Waals surface area contributed by atoms with Gasteiger partial charge in [0.05, 0.1) is 5.75 Å². The van der Waals surface area contributed by atoms with E-state index in [1.54, 1.807) is 0 Å². The fourth-order valence-electron chi connectivity index (χ4n) is 1.51. The maximum absolute atomic E-state index is 10.8. The molecular formula is C10H15BrN2O2S. The quantitative estimate of drug-likeness (QED) is 0.890. The van der Waals surface area contributed by atoms with Crippen molar-refractivity contribution in [2.45, 2.75) is 13.8 Å². The number of nitrogens with two attached hydrogens (primary N) is 1. The number of sulfonamides is 1. The molecule has 0 aliphatic heterocycles. The average Bonchev–Trinajstić information content (AvgIpc) is 2.07. The molecule has 0 saturated heterocycles. The summed E-state index contributed by atoms with van der Waals surface area (Å²) in [6.45, 7) is 4.26. The van der Waals surface area contributed by atoms with E-state index in [-0.39, 0.29) is 5.75 Å². The van der Waals surface area contributed by atoms with Gasteiger partial charge in [-0.1, -0.05) is 15.9 Å².